The van der Waals surface area contributed by atoms with E-state index in [0.29, 0.717) is 15.7 Å². The Morgan fingerprint density at radius 1 is 0.938 bits per heavy atom. The van der Waals surface area contributed by atoms with Crippen LogP contribution in [0.25, 0.3) is 11.1 Å². The van der Waals surface area contributed by atoms with Crippen molar-refractivity contribution >= 4 is 44.8 Å². The van der Waals surface area contributed by atoms with Crippen LogP contribution in [-0.2, 0) is 0 Å². The smallest absolute Gasteiger partial charge is 0.0598 e. The molecule has 0 atom stereocenters. The molecule has 0 aliphatic carbocycles. The molecule has 0 heterocycles. The summed E-state index contributed by atoms with van der Waals surface area (Å²) in [6.07, 6.45) is 0. The zero-order valence-corrected chi connectivity index (χ0v) is 11.3. The number of nitrogen functional groups attached to an aromatic ring is 1. The molecule has 2 rings (SSSR count). The molecule has 0 saturated carbocycles. The number of hydrogen-bond acceptors (Lipinski definition) is 1. The predicted octanol–water partition coefficient (Wildman–Crippen LogP) is 5.01. The lowest BCUT2D eigenvalue weighted by molar-refractivity contribution is 1.58. The van der Waals surface area contributed by atoms with Gasteiger partial charge in [-0.25, -0.2) is 0 Å². The zero-order chi connectivity index (χ0) is 11.7. The van der Waals surface area contributed by atoms with Crippen LogP contribution in [0.4, 0.5) is 5.69 Å². The van der Waals surface area contributed by atoms with Crippen LogP contribution in [0.5, 0.6) is 0 Å². The maximum absolute atomic E-state index is 5.97. The maximum atomic E-state index is 5.97. The second-order valence-corrected chi connectivity index (χ2v) is 5.09. The van der Waals surface area contributed by atoms with Crippen LogP contribution in [0.2, 0.25) is 10.0 Å². The molecule has 0 fully saturated rings. The number of anilines is 1. The lowest BCUT2D eigenvalue weighted by Gasteiger charge is -2.07. The van der Waals surface area contributed by atoms with Gasteiger partial charge in [-0.1, -0.05) is 45.2 Å². The molecule has 2 aromatic rings. The fourth-order valence-electron chi connectivity index (χ4n) is 1.44. The molecule has 2 N–H and O–H groups in total. The van der Waals surface area contributed by atoms with Gasteiger partial charge in [-0.3, -0.25) is 0 Å². The summed E-state index contributed by atoms with van der Waals surface area (Å²) in [5.41, 5.74) is 8.51. The third-order valence-corrected chi connectivity index (χ3v) is 3.48. The van der Waals surface area contributed by atoms with Gasteiger partial charge in [0, 0.05) is 15.7 Å². The van der Waals surface area contributed by atoms with Crippen LogP contribution < -0.4 is 5.73 Å². The van der Waals surface area contributed by atoms with Gasteiger partial charge < -0.3 is 5.73 Å². The van der Waals surface area contributed by atoms with Crippen LogP contribution in [0.3, 0.4) is 0 Å². The molecule has 82 valence electrons. The third-order valence-electron chi connectivity index (χ3n) is 2.25. The van der Waals surface area contributed by atoms with Gasteiger partial charge in [0.05, 0.1) is 10.0 Å². The van der Waals surface area contributed by atoms with Crippen molar-refractivity contribution in [2.24, 2.45) is 0 Å². The molecule has 1 nitrogen and oxygen atoms in total. The van der Waals surface area contributed by atoms with Crippen LogP contribution in [0, 0.1) is 0 Å². The minimum absolute atomic E-state index is 0.526. The average molecular weight is 317 g/mol. The van der Waals surface area contributed by atoms with Crippen LogP contribution in [0.15, 0.2) is 40.9 Å². The van der Waals surface area contributed by atoms with Crippen molar-refractivity contribution in [1.82, 2.24) is 0 Å². The molecule has 0 saturated heterocycles. The molecule has 0 aliphatic rings. The highest BCUT2D eigenvalue weighted by Gasteiger charge is 2.05. The van der Waals surface area contributed by atoms with E-state index in [-0.39, 0.29) is 0 Å². The second-order valence-electron chi connectivity index (χ2n) is 3.36. The summed E-state index contributed by atoms with van der Waals surface area (Å²) in [5.74, 6) is 0. The van der Waals surface area contributed by atoms with Crippen LogP contribution >= 0.6 is 39.1 Å². The highest BCUT2D eigenvalue weighted by Crippen LogP contribution is 2.33. The Morgan fingerprint density at radius 3 is 2.38 bits per heavy atom. The SMILES string of the molecule is Nc1ccc(Br)cc1-c1ccc(Cl)c(Cl)c1. The Labute approximate surface area is 112 Å². The first-order valence-electron chi connectivity index (χ1n) is 4.58. The third kappa shape index (κ3) is 2.34. The largest absolute Gasteiger partial charge is 0.398 e. The molecule has 0 amide bonds. The second kappa shape index (κ2) is 4.66. The monoisotopic (exact) mass is 315 g/mol. The molecule has 0 spiro atoms. The van der Waals surface area contributed by atoms with E-state index >= 15 is 0 Å². The summed E-state index contributed by atoms with van der Waals surface area (Å²) < 4.78 is 0.975. The first kappa shape index (κ1) is 11.8. The van der Waals surface area contributed by atoms with E-state index in [1.165, 1.54) is 0 Å². The average Bonchev–Trinajstić information content (AvgIpc) is 2.26. The number of halogens is 3. The van der Waals surface area contributed by atoms with E-state index in [9.17, 15) is 0 Å². The van der Waals surface area contributed by atoms with E-state index < -0.39 is 0 Å². The first-order chi connectivity index (χ1) is 7.58. The quantitative estimate of drug-likeness (QED) is 0.736. The van der Waals surface area contributed by atoms with E-state index in [4.69, 9.17) is 28.9 Å². The van der Waals surface area contributed by atoms with Gasteiger partial charge in [0.1, 0.15) is 0 Å². The summed E-state index contributed by atoms with van der Waals surface area (Å²) in [7, 11) is 0. The lowest BCUT2D eigenvalue weighted by atomic mass is 10.0. The van der Waals surface area contributed by atoms with E-state index in [0.717, 1.165) is 15.6 Å². The van der Waals surface area contributed by atoms with Crippen molar-refractivity contribution < 1.29 is 0 Å². The van der Waals surface area contributed by atoms with Crippen molar-refractivity contribution in [3.05, 3.63) is 50.9 Å². The summed E-state index contributed by atoms with van der Waals surface area (Å²) >= 11 is 15.3. The minimum atomic E-state index is 0.526. The minimum Gasteiger partial charge on any atom is -0.398 e. The summed E-state index contributed by atoms with van der Waals surface area (Å²) in [6.45, 7) is 0. The fourth-order valence-corrected chi connectivity index (χ4v) is 2.10. The zero-order valence-electron chi connectivity index (χ0n) is 8.18. The molecular weight excluding hydrogens is 309 g/mol. The molecule has 4 heteroatoms. The van der Waals surface area contributed by atoms with Gasteiger partial charge in [0.15, 0.2) is 0 Å². The highest BCUT2D eigenvalue weighted by molar-refractivity contribution is 9.10. The van der Waals surface area contributed by atoms with Crippen molar-refractivity contribution in [2.45, 2.75) is 0 Å². The Kier molecular flexibility index (Phi) is 3.43. The van der Waals surface area contributed by atoms with Crippen molar-refractivity contribution in [3.8, 4) is 11.1 Å². The van der Waals surface area contributed by atoms with E-state index in [1.807, 2.05) is 30.3 Å². The van der Waals surface area contributed by atoms with E-state index in [2.05, 4.69) is 15.9 Å². The molecule has 0 bridgehead atoms. The van der Waals surface area contributed by atoms with E-state index in [1.54, 1.807) is 6.07 Å². The van der Waals surface area contributed by atoms with Gasteiger partial charge >= 0.3 is 0 Å². The summed E-state index contributed by atoms with van der Waals surface area (Å²) in [5, 5.41) is 1.07. The molecule has 0 aliphatic heterocycles. The molecule has 0 radical (unpaired) electrons. The molecular formula is C12H8BrCl2N. The number of benzene rings is 2. The van der Waals surface area contributed by atoms with Crippen molar-refractivity contribution in [1.29, 1.82) is 0 Å². The number of rotatable bonds is 1. The normalized spacial score (nSPS) is 10.4. The Hall–Kier alpha value is -0.700. The first-order valence-corrected chi connectivity index (χ1v) is 6.13. The van der Waals surface area contributed by atoms with Crippen molar-refractivity contribution in [3.63, 3.8) is 0 Å². The Balaban J connectivity index is 2.58. The Morgan fingerprint density at radius 2 is 1.69 bits per heavy atom. The fraction of sp³-hybridized carbons (Fsp3) is 0. The van der Waals surface area contributed by atoms with Gasteiger partial charge in [-0.2, -0.15) is 0 Å². The molecule has 2 aromatic carbocycles. The molecule has 0 aromatic heterocycles. The highest BCUT2D eigenvalue weighted by atomic mass is 79.9. The predicted molar refractivity (Wildman–Crippen MR) is 74.0 cm³/mol. The van der Waals surface area contributed by atoms with Gasteiger partial charge in [-0.05, 0) is 35.9 Å². The van der Waals surface area contributed by atoms with Crippen LogP contribution in [0.1, 0.15) is 0 Å². The maximum Gasteiger partial charge on any atom is 0.0598 e. The van der Waals surface area contributed by atoms with Gasteiger partial charge in [0.2, 0.25) is 0 Å². The standard InChI is InChI=1S/C12H8BrCl2N/c13-8-2-4-12(16)9(6-8)7-1-3-10(14)11(15)5-7/h1-6H,16H2. The topological polar surface area (TPSA) is 26.0 Å². The van der Waals surface area contributed by atoms with Crippen LogP contribution in [-0.4, -0.2) is 0 Å². The Bertz CT molecular complexity index is 541. The molecule has 16 heavy (non-hydrogen) atoms. The summed E-state index contributed by atoms with van der Waals surface area (Å²) in [6, 6.07) is 11.2. The van der Waals surface area contributed by atoms with Gasteiger partial charge in [0.25, 0.3) is 0 Å². The summed E-state index contributed by atoms with van der Waals surface area (Å²) in [4.78, 5) is 0. The molecule has 0 unspecified atom stereocenters. The van der Waals surface area contributed by atoms with Crippen molar-refractivity contribution in [2.75, 3.05) is 5.73 Å². The number of nitrogens with two attached hydrogens (primary N) is 1. The van der Waals surface area contributed by atoms with Gasteiger partial charge in [-0.15, -0.1) is 0 Å². The number of hydrogen-bond donors (Lipinski definition) is 1. The lowest BCUT2D eigenvalue weighted by Crippen LogP contribution is -1.89.